The molecule has 0 aliphatic heterocycles. The van der Waals surface area contributed by atoms with Crippen molar-refractivity contribution in [2.45, 2.75) is 65.2 Å². The van der Waals surface area contributed by atoms with Crippen LogP contribution >= 0.6 is 7.67 Å². The molecule has 0 heterocycles. The highest BCUT2D eigenvalue weighted by Gasteiger charge is 2.14. The SMILES string of the molecule is CCCCCCNP(=O)(O)NCCCCCC. The van der Waals surface area contributed by atoms with E-state index in [9.17, 15) is 9.46 Å². The average Bonchev–Trinajstić information content (AvgIpc) is 2.28. The van der Waals surface area contributed by atoms with Gasteiger partial charge in [0.1, 0.15) is 0 Å². The lowest BCUT2D eigenvalue weighted by Crippen LogP contribution is -2.23. The van der Waals surface area contributed by atoms with Crippen molar-refractivity contribution in [2.75, 3.05) is 13.1 Å². The van der Waals surface area contributed by atoms with Gasteiger partial charge in [-0.2, -0.15) is 0 Å². The highest BCUT2D eigenvalue weighted by molar-refractivity contribution is 7.53. The fourth-order valence-electron chi connectivity index (χ4n) is 1.62. The van der Waals surface area contributed by atoms with E-state index < -0.39 is 7.67 Å². The van der Waals surface area contributed by atoms with Crippen molar-refractivity contribution in [3.05, 3.63) is 0 Å². The van der Waals surface area contributed by atoms with E-state index in [-0.39, 0.29) is 0 Å². The summed E-state index contributed by atoms with van der Waals surface area (Å²) in [6.45, 7) is 5.55. The molecule has 0 aliphatic rings. The highest BCUT2D eigenvalue weighted by atomic mass is 31.2. The van der Waals surface area contributed by atoms with Crippen molar-refractivity contribution in [1.82, 2.24) is 10.2 Å². The number of unbranched alkanes of at least 4 members (excludes halogenated alkanes) is 6. The molecule has 3 N–H and O–H groups in total. The van der Waals surface area contributed by atoms with Crippen LogP contribution < -0.4 is 10.2 Å². The summed E-state index contributed by atoms with van der Waals surface area (Å²) in [4.78, 5) is 9.56. The molecule has 0 saturated heterocycles. The van der Waals surface area contributed by atoms with Gasteiger partial charge >= 0.3 is 7.67 Å². The summed E-state index contributed by atoms with van der Waals surface area (Å²) >= 11 is 0. The van der Waals surface area contributed by atoms with Crippen LogP contribution in [0, 0.1) is 0 Å². The first-order valence-corrected chi connectivity index (χ1v) is 8.61. The third kappa shape index (κ3) is 12.4. The maximum atomic E-state index is 11.6. The zero-order valence-electron chi connectivity index (χ0n) is 11.4. The van der Waals surface area contributed by atoms with Crippen molar-refractivity contribution in [2.24, 2.45) is 0 Å². The molecule has 0 aliphatic carbocycles. The third-order valence-electron chi connectivity index (χ3n) is 2.71. The molecular weight excluding hydrogens is 235 g/mol. The first-order chi connectivity index (χ1) is 8.12. The standard InChI is InChI=1S/C12H29N2O2P/c1-3-5-7-9-11-13-17(15,16)14-12-10-8-6-4-2/h3-12H2,1-2H3,(H3,13,14,15,16). The Labute approximate surface area is 106 Å². The van der Waals surface area contributed by atoms with Gasteiger partial charge in [-0.15, -0.1) is 0 Å². The second-order valence-corrected chi connectivity index (χ2v) is 6.30. The number of hydrogen-bond donors (Lipinski definition) is 3. The fourth-order valence-corrected chi connectivity index (χ4v) is 2.65. The predicted molar refractivity (Wildman–Crippen MR) is 74.1 cm³/mol. The van der Waals surface area contributed by atoms with Crippen LogP contribution in [-0.2, 0) is 4.57 Å². The Balaban J connectivity index is 3.42. The lowest BCUT2D eigenvalue weighted by Gasteiger charge is -2.14. The molecule has 0 aromatic heterocycles. The van der Waals surface area contributed by atoms with E-state index in [0.717, 1.165) is 25.7 Å². The molecule has 0 aromatic rings. The predicted octanol–water partition coefficient (Wildman–Crippen LogP) is 3.43. The zero-order chi connectivity index (χ0) is 13.0. The van der Waals surface area contributed by atoms with Gasteiger partial charge in [-0.3, -0.25) is 4.57 Å². The number of hydrogen-bond acceptors (Lipinski definition) is 1. The fraction of sp³-hybridized carbons (Fsp3) is 1.00. The van der Waals surface area contributed by atoms with Crippen LogP contribution in [0.5, 0.6) is 0 Å². The Hall–Kier alpha value is 0.110. The molecule has 0 fully saturated rings. The molecule has 0 rings (SSSR count). The molecule has 0 bridgehead atoms. The molecule has 17 heavy (non-hydrogen) atoms. The van der Waals surface area contributed by atoms with Gasteiger partial charge < -0.3 is 4.89 Å². The Kier molecular flexibility index (Phi) is 11.3. The summed E-state index contributed by atoms with van der Waals surface area (Å²) in [6.07, 6.45) is 8.95. The molecular formula is C12H29N2O2P. The summed E-state index contributed by atoms with van der Waals surface area (Å²) in [6, 6.07) is 0. The van der Waals surface area contributed by atoms with Gasteiger partial charge in [0, 0.05) is 13.1 Å². The molecule has 0 amide bonds. The van der Waals surface area contributed by atoms with Gasteiger partial charge in [-0.1, -0.05) is 52.4 Å². The molecule has 104 valence electrons. The smallest absolute Gasteiger partial charge is 0.322 e. The van der Waals surface area contributed by atoms with Crippen molar-refractivity contribution >= 4 is 7.67 Å². The van der Waals surface area contributed by atoms with E-state index in [1.165, 1.54) is 25.7 Å². The van der Waals surface area contributed by atoms with Crippen LogP contribution in [0.3, 0.4) is 0 Å². The molecule has 0 unspecified atom stereocenters. The summed E-state index contributed by atoms with van der Waals surface area (Å²) in [5, 5.41) is 5.42. The largest absolute Gasteiger partial charge is 0.338 e. The van der Waals surface area contributed by atoms with Crippen LogP contribution in [0.25, 0.3) is 0 Å². The van der Waals surface area contributed by atoms with Gasteiger partial charge in [0.15, 0.2) is 0 Å². The van der Waals surface area contributed by atoms with E-state index in [1.54, 1.807) is 0 Å². The first kappa shape index (κ1) is 17.1. The molecule has 0 radical (unpaired) electrons. The molecule has 0 saturated carbocycles. The van der Waals surface area contributed by atoms with E-state index in [0.29, 0.717) is 13.1 Å². The molecule has 0 aromatic carbocycles. The van der Waals surface area contributed by atoms with Crippen LogP contribution in [0.1, 0.15) is 65.2 Å². The molecule has 0 spiro atoms. The first-order valence-electron chi connectivity index (χ1n) is 6.95. The summed E-state index contributed by atoms with van der Waals surface area (Å²) < 4.78 is 11.6. The highest BCUT2D eigenvalue weighted by Crippen LogP contribution is 2.29. The van der Waals surface area contributed by atoms with Crippen molar-refractivity contribution in [1.29, 1.82) is 0 Å². The molecule has 5 heteroatoms. The summed E-state index contributed by atoms with van der Waals surface area (Å²) in [5.74, 6) is 0. The molecule has 4 nitrogen and oxygen atoms in total. The van der Waals surface area contributed by atoms with E-state index in [4.69, 9.17) is 0 Å². The maximum absolute atomic E-state index is 11.6. The van der Waals surface area contributed by atoms with Crippen LogP contribution in [0.2, 0.25) is 0 Å². The normalized spacial score (nSPS) is 11.9. The van der Waals surface area contributed by atoms with Gasteiger partial charge in [-0.25, -0.2) is 10.2 Å². The average molecular weight is 264 g/mol. The second-order valence-electron chi connectivity index (χ2n) is 4.51. The minimum Gasteiger partial charge on any atom is -0.322 e. The summed E-state index contributed by atoms with van der Waals surface area (Å²) in [7, 11) is -3.29. The van der Waals surface area contributed by atoms with Gasteiger partial charge in [0.05, 0.1) is 0 Å². The lowest BCUT2D eigenvalue weighted by molar-refractivity contribution is 0.442. The zero-order valence-corrected chi connectivity index (χ0v) is 12.3. The Morgan fingerprint density at radius 3 is 1.59 bits per heavy atom. The Morgan fingerprint density at radius 1 is 0.824 bits per heavy atom. The minimum atomic E-state index is -3.29. The molecule has 0 atom stereocenters. The van der Waals surface area contributed by atoms with Crippen LogP contribution in [0.15, 0.2) is 0 Å². The third-order valence-corrected chi connectivity index (χ3v) is 4.02. The van der Waals surface area contributed by atoms with E-state index in [1.807, 2.05) is 0 Å². The van der Waals surface area contributed by atoms with Gasteiger partial charge in [-0.05, 0) is 12.8 Å². The van der Waals surface area contributed by atoms with E-state index in [2.05, 4.69) is 24.0 Å². The van der Waals surface area contributed by atoms with Crippen molar-refractivity contribution in [3.8, 4) is 0 Å². The van der Waals surface area contributed by atoms with Gasteiger partial charge in [0.25, 0.3) is 0 Å². The van der Waals surface area contributed by atoms with Crippen molar-refractivity contribution in [3.63, 3.8) is 0 Å². The Bertz CT molecular complexity index is 195. The van der Waals surface area contributed by atoms with Gasteiger partial charge in [0.2, 0.25) is 0 Å². The lowest BCUT2D eigenvalue weighted by atomic mass is 10.2. The maximum Gasteiger partial charge on any atom is 0.338 e. The number of rotatable bonds is 12. The topological polar surface area (TPSA) is 61.4 Å². The van der Waals surface area contributed by atoms with Crippen molar-refractivity contribution < 1.29 is 9.46 Å². The monoisotopic (exact) mass is 264 g/mol. The Morgan fingerprint density at radius 2 is 1.24 bits per heavy atom. The van der Waals surface area contributed by atoms with Crippen LogP contribution in [0.4, 0.5) is 0 Å². The van der Waals surface area contributed by atoms with Crippen LogP contribution in [-0.4, -0.2) is 18.0 Å². The second kappa shape index (κ2) is 11.2. The number of nitrogens with one attached hydrogen (secondary N) is 2. The quantitative estimate of drug-likeness (QED) is 0.373. The van der Waals surface area contributed by atoms with E-state index >= 15 is 0 Å². The minimum absolute atomic E-state index is 0.621. The summed E-state index contributed by atoms with van der Waals surface area (Å²) in [5.41, 5.74) is 0.